The maximum Gasteiger partial charge on any atom is 0.269 e. The summed E-state index contributed by atoms with van der Waals surface area (Å²) in [6.07, 6.45) is 0. The lowest BCUT2D eigenvalue weighted by Crippen LogP contribution is -2.21. The second-order valence-electron chi connectivity index (χ2n) is 6.24. The van der Waals surface area contributed by atoms with Crippen molar-refractivity contribution in [3.05, 3.63) is 76.3 Å². The van der Waals surface area contributed by atoms with Gasteiger partial charge in [-0.2, -0.15) is 5.26 Å². The number of carbonyl (C=O) groups is 1. The summed E-state index contributed by atoms with van der Waals surface area (Å²) in [5.74, 6) is -0.415. The molecule has 136 valence electrons. The van der Waals surface area contributed by atoms with Gasteiger partial charge in [0.05, 0.1) is 0 Å². The van der Waals surface area contributed by atoms with E-state index in [2.05, 4.69) is 11.4 Å². The quantitative estimate of drug-likeness (QED) is 0.627. The van der Waals surface area contributed by atoms with Crippen LogP contribution < -0.4 is 15.1 Å². The Morgan fingerprint density at radius 3 is 2.37 bits per heavy atom. The zero-order chi connectivity index (χ0) is 19.4. The van der Waals surface area contributed by atoms with E-state index in [1.54, 1.807) is 0 Å². The molecule has 0 saturated heterocycles. The molecule has 0 fully saturated rings. The maximum absolute atomic E-state index is 12.8. The molecule has 0 aromatic heterocycles. The minimum Gasteiger partial charge on any atom is -0.378 e. The summed E-state index contributed by atoms with van der Waals surface area (Å²) >= 11 is 1.38. The Balaban J connectivity index is 1.88. The fourth-order valence-corrected chi connectivity index (χ4v) is 3.71. The Morgan fingerprint density at radius 1 is 1.11 bits per heavy atom. The van der Waals surface area contributed by atoms with Crippen LogP contribution in [0.3, 0.4) is 0 Å². The highest BCUT2D eigenvalue weighted by atomic mass is 32.2. The summed E-state index contributed by atoms with van der Waals surface area (Å²) in [7, 11) is 3.91. The monoisotopic (exact) mass is 376 g/mol. The first-order valence-electron chi connectivity index (χ1n) is 8.43. The van der Waals surface area contributed by atoms with Gasteiger partial charge < -0.3 is 15.1 Å². The number of nitriles is 1. The Labute approximate surface area is 163 Å². The van der Waals surface area contributed by atoms with Crippen LogP contribution in [0.4, 0.5) is 17.1 Å². The topological polar surface area (TPSA) is 59.4 Å². The average Bonchev–Trinajstić information content (AvgIpc) is 3.04. The molecule has 3 rings (SSSR count). The largest absolute Gasteiger partial charge is 0.378 e. The summed E-state index contributed by atoms with van der Waals surface area (Å²) in [6, 6.07) is 19.3. The van der Waals surface area contributed by atoms with Crippen LogP contribution in [0.5, 0.6) is 0 Å². The van der Waals surface area contributed by atoms with Crippen LogP contribution in [-0.4, -0.2) is 20.0 Å². The van der Waals surface area contributed by atoms with Gasteiger partial charge in [0.25, 0.3) is 5.91 Å². The number of anilines is 3. The molecule has 2 aromatic rings. The van der Waals surface area contributed by atoms with Gasteiger partial charge in [0.15, 0.2) is 0 Å². The second kappa shape index (κ2) is 8.02. The lowest BCUT2D eigenvalue weighted by atomic mass is 10.2. The highest BCUT2D eigenvalue weighted by molar-refractivity contribution is 8.06. The smallest absolute Gasteiger partial charge is 0.269 e. The van der Waals surface area contributed by atoms with E-state index in [4.69, 9.17) is 0 Å². The van der Waals surface area contributed by atoms with E-state index >= 15 is 0 Å². The van der Waals surface area contributed by atoms with Gasteiger partial charge in [-0.05, 0) is 48.7 Å². The molecule has 5 nitrogen and oxygen atoms in total. The molecule has 2 aromatic carbocycles. The lowest BCUT2D eigenvalue weighted by Gasteiger charge is -2.22. The van der Waals surface area contributed by atoms with Crippen molar-refractivity contribution in [3.63, 3.8) is 0 Å². The van der Waals surface area contributed by atoms with Crippen LogP contribution in [0.2, 0.25) is 0 Å². The molecule has 0 radical (unpaired) electrons. The van der Waals surface area contributed by atoms with Crippen molar-refractivity contribution in [2.45, 2.75) is 6.92 Å². The van der Waals surface area contributed by atoms with Gasteiger partial charge in [-0.15, -0.1) is 0 Å². The van der Waals surface area contributed by atoms with Crippen LogP contribution >= 0.6 is 11.8 Å². The van der Waals surface area contributed by atoms with Crippen molar-refractivity contribution in [1.82, 2.24) is 0 Å². The number of thioether (sulfide) groups is 1. The van der Waals surface area contributed by atoms with Gasteiger partial charge in [-0.3, -0.25) is 4.79 Å². The highest BCUT2D eigenvalue weighted by Crippen LogP contribution is 2.40. The van der Waals surface area contributed by atoms with Crippen LogP contribution in [0, 0.1) is 11.3 Å². The van der Waals surface area contributed by atoms with Crippen LogP contribution in [0.25, 0.3) is 0 Å². The highest BCUT2D eigenvalue weighted by Gasteiger charge is 2.27. The number of allylic oxidation sites excluding steroid dienone is 1. The predicted molar refractivity (Wildman–Crippen MR) is 112 cm³/mol. The van der Waals surface area contributed by atoms with Gasteiger partial charge in [-0.25, -0.2) is 0 Å². The number of rotatable bonds is 4. The minimum absolute atomic E-state index is 0.0913. The van der Waals surface area contributed by atoms with E-state index in [9.17, 15) is 10.1 Å². The van der Waals surface area contributed by atoms with Gasteiger partial charge in [0.1, 0.15) is 16.7 Å². The summed E-state index contributed by atoms with van der Waals surface area (Å²) in [5.41, 5.74) is 3.67. The lowest BCUT2D eigenvalue weighted by molar-refractivity contribution is -0.112. The average molecular weight is 376 g/mol. The summed E-state index contributed by atoms with van der Waals surface area (Å²) in [5, 5.41) is 15.0. The van der Waals surface area contributed by atoms with Crippen LogP contribution in [-0.2, 0) is 4.79 Å². The number of para-hydroxylation sites is 1. The van der Waals surface area contributed by atoms with Gasteiger partial charge in [0, 0.05) is 36.9 Å². The molecule has 1 heterocycles. The Hall–Kier alpha value is -3.17. The number of benzene rings is 2. The van der Waals surface area contributed by atoms with E-state index in [-0.39, 0.29) is 5.57 Å². The van der Waals surface area contributed by atoms with E-state index < -0.39 is 5.91 Å². The molecular weight excluding hydrogens is 356 g/mol. The molecule has 1 aliphatic heterocycles. The molecule has 0 atom stereocenters. The number of nitrogens with zero attached hydrogens (tertiary/aromatic N) is 3. The molecule has 1 N–H and O–H groups in total. The third-order valence-electron chi connectivity index (χ3n) is 4.11. The standard InChI is InChI=1S/C21H20N4OS/c1-15-14-27-21(25(15)18-7-5-4-6-8-18)19(13-22)20(26)23-16-9-11-17(12-10-16)24(2)3/h4-12,14H,1-3H3,(H,23,26). The third-order valence-corrected chi connectivity index (χ3v) is 5.17. The predicted octanol–water partition coefficient (Wildman–Crippen LogP) is 4.54. The number of carbonyl (C=O) groups excluding carboxylic acids is 1. The fraction of sp³-hybridized carbons (Fsp3) is 0.143. The zero-order valence-corrected chi connectivity index (χ0v) is 16.2. The van der Waals surface area contributed by atoms with Crippen molar-refractivity contribution in [2.75, 3.05) is 29.2 Å². The molecule has 1 amide bonds. The molecule has 0 spiro atoms. The summed E-state index contributed by atoms with van der Waals surface area (Å²) in [6.45, 7) is 1.96. The van der Waals surface area contributed by atoms with Gasteiger partial charge in [0.2, 0.25) is 0 Å². The van der Waals surface area contributed by atoms with Crippen molar-refractivity contribution >= 4 is 34.7 Å². The molecule has 0 unspecified atom stereocenters. The molecule has 0 saturated carbocycles. The van der Waals surface area contributed by atoms with Crippen LogP contribution in [0.15, 0.2) is 76.3 Å². The maximum atomic E-state index is 12.8. The first-order valence-corrected chi connectivity index (χ1v) is 9.31. The zero-order valence-electron chi connectivity index (χ0n) is 15.4. The number of amides is 1. The van der Waals surface area contributed by atoms with E-state index in [1.165, 1.54) is 11.8 Å². The molecule has 1 aliphatic rings. The van der Waals surface area contributed by atoms with E-state index in [0.717, 1.165) is 17.1 Å². The van der Waals surface area contributed by atoms with Crippen molar-refractivity contribution in [3.8, 4) is 6.07 Å². The number of nitrogens with one attached hydrogen (secondary N) is 1. The second-order valence-corrected chi connectivity index (χ2v) is 7.09. The Kier molecular flexibility index (Phi) is 5.53. The summed E-state index contributed by atoms with van der Waals surface area (Å²) in [4.78, 5) is 16.7. The summed E-state index contributed by atoms with van der Waals surface area (Å²) < 4.78 is 0. The van der Waals surface area contributed by atoms with E-state index in [1.807, 2.05) is 90.8 Å². The van der Waals surface area contributed by atoms with Crippen molar-refractivity contribution in [1.29, 1.82) is 5.26 Å². The molecule has 0 bridgehead atoms. The number of hydrogen-bond acceptors (Lipinski definition) is 5. The Bertz CT molecular complexity index is 940. The minimum atomic E-state index is -0.415. The van der Waals surface area contributed by atoms with Gasteiger partial charge >= 0.3 is 0 Å². The van der Waals surface area contributed by atoms with Crippen molar-refractivity contribution in [2.24, 2.45) is 0 Å². The first kappa shape index (κ1) is 18.6. The molecular formula is C21H20N4OS. The molecule has 27 heavy (non-hydrogen) atoms. The SMILES string of the molecule is CC1=CSC(=C(C#N)C(=O)Nc2ccc(N(C)C)cc2)N1c1ccccc1. The normalized spacial score (nSPS) is 15.0. The van der Waals surface area contributed by atoms with Crippen molar-refractivity contribution < 1.29 is 4.79 Å². The fourth-order valence-electron chi connectivity index (χ4n) is 2.71. The Morgan fingerprint density at radius 2 is 1.78 bits per heavy atom. The first-order chi connectivity index (χ1) is 13.0. The number of hydrogen-bond donors (Lipinski definition) is 1. The third kappa shape index (κ3) is 3.99. The molecule has 0 aliphatic carbocycles. The van der Waals surface area contributed by atoms with E-state index in [0.29, 0.717) is 10.7 Å². The van der Waals surface area contributed by atoms with Crippen LogP contribution in [0.1, 0.15) is 6.92 Å². The van der Waals surface area contributed by atoms with Gasteiger partial charge in [-0.1, -0.05) is 30.0 Å². The molecule has 6 heteroatoms.